The van der Waals surface area contributed by atoms with Crippen LogP contribution in [0, 0.1) is 5.92 Å². The number of imidazole rings is 1. The van der Waals surface area contributed by atoms with Gasteiger partial charge in [-0.1, -0.05) is 26.7 Å². The van der Waals surface area contributed by atoms with E-state index in [1.54, 1.807) is 12.5 Å². The highest BCUT2D eigenvalue weighted by molar-refractivity contribution is 4.93. The summed E-state index contributed by atoms with van der Waals surface area (Å²) in [7, 11) is 0. The molecule has 1 aromatic heterocycles. The van der Waals surface area contributed by atoms with Crippen LogP contribution in [0.2, 0.25) is 0 Å². The minimum absolute atomic E-state index is 0.247. The molecule has 0 saturated heterocycles. The highest BCUT2D eigenvalue weighted by Crippen LogP contribution is 2.12. The molecule has 1 heterocycles. The molecule has 0 aliphatic heterocycles. The van der Waals surface area contributed by atoms with Crippen molar-refractivity contribution in [2.24, 2.45) is 5.92 Å². The van der Waals surface area contributed by atoms with Gasteiger partial charge in [0.2, 0.25) is 0 Å². The lowest BCUT2D eigenvalue weighted by molar-refractivity contribution is 0.101. The molecule has 3 N–H and O–H groups in total. The zero-order valence-electron chi connectivity index (χ0n) is 9.53. The SMILES string of the molecule is CCC(CC)C(O)CNCc1cnc[nH]1. The summed E-state index contributed by atoms with van der Waals surface area (Å²) >= 11 is 0. The van der Waals surface area contributed by atoms with Crippen molar-refractivity contribution in [3.8, 4) is 0 Å². The van der Waals surface area contributed by atoms with Crippen LogP contribution in [-0.2, 0) is 6.54 Å². The van der Waals surface area contributed by atoms with Gasteiger partial charge in [-0.05, 0) is 5.92 Å². The minimum atomic E-state index is -0.247. The van der Waals surface area contributed by atoms with Crippen molar-refractivity contribution in [3.63, 3.8) is 0 Å². The fourth-order valence-electron chi connectivity index (χ4n) is 1.74. The molecule has 0 fully saturated rings. The van der Waals surface area contributed by atoms with E-state index in [9.17, 15) is 5.11 Å². The number of aliphatic hydroxyl groups is 1. The lowest BCUT2D eigenvalue weighted by atomic mass is 9.96. The van der Waals surface area contributed by atoms with Gasteiger partial charge in [0, 0.05) is 25.0 Å². The number of H-pyrrole nitrogens is 1. The number of rotatable bonds is 7. The van der Waals surface area contributed by atoms with Crippen LogP contribution in [-0.4, -0.2) is 27.7 Å². The first-order valence-corrected chi connectivity index (χ1v) is 5.63. The number of hydrogen-bond donors (Lipinski definition) is 3. The van der Waals surface area contributed by atoms with Gasteiger partial charge in [0.15, 0.2) is 0 Å². The van der Waals surface area contributed by atoms with Crippen molar-refractivity contribution in [1.82, 2.24) is 15.3 Å². The standard InChI is InChI=1S/C11H21N3O/c1-3-9(4-2)11(15)7-12-5-10-6-13-8-14-10/h6,8-9,11-12,15H,3-5,7H2,1-2H3,(H,13,14). The van der Waals surface area contributed by atoms with Crippen molar-refractivity contribution in [2.45, 2.75) is 39.3 Å². The number of aromatic amines is 1. The molecule has 1 atom stereocenters. The fraction of sp³-hybridized carbons (Fsp3) is 0.727. The maximum absolute atomic E-state index is 9.85. The molecule has 1 unspecified atom stereocenters. The third-order valence-corrected chi connectivity index (χ3v) is 2.82. The highest BCUT2D eigenvalue weighted by atomic mass is 16.3. The van der Waals surface area contributed by atoms with Gasteiger partial charge in [-0.15, -0.1) is 0 Å². The monoisotopic (exact) mass is 211 g/mol. The third kappa shape index (κ3) is 4.01. The summed E-state index contributed by atoms with van der Waals surface area (Å²) in [5.74, 6) is 0.402. The van der Waals surface area contributed by atoms with Crippen molar-refractivity contribution in [1.29, 1.82) is 0 Å². The third-order valence-electron chi connectivity index (χ3n) is 2.82. The van der Waals surface area contributed by atoms with Crippen molar-refractivity contribution < 1.29 is 5.11 Å². The number of hydrogen-bond acceptors (Lipinski definition) is 3. The summed E-state index contributed by atoms with van der Waals surface area (Å²) in [6.07, 6.45) is 5.26. The molecule has 0 radical (unpaired) electrons. The van der Waals surface area contributed by atoms with Gasteiger partial charge in [0.25, 0.3) is 0 Å². The van der Waals surface area contributed by atoms with E-state index >= 15 is 0 Å². The zero-order chi connectivity index (χ0) is 11.1. The Morgan fingerprint density at radius 2 is 2.20 bits per heavy atom. The molecular weight excluding hydrogens is 190 g/mol. The molecular formula is C11H21N3O. The lowest BCUT2D eigenvalue weighted by Crippen LogP contribution is -2.32. The maximum atomic E-state index is 9.85. The first-order chi connectivity index (χ1) is 7.27. The van der Waals surface area contributed by atoms with E-state index < -0.39 is 0 Å². The molecule has 4 nitrogen and oxygen atoms in total. The summed E-state index contributed by atoms with van der Waals surface area (Å²) in [4.78, 5) is 6.94. The van der Waals surface area contributed by atoms with E-state index in [1.807, 2.05) is 0 Å². The summed E-state index contributed by atoms with van der Waals surface area (Å²) in [6.45, 7) is 5.61. The average Bonchev–Trinajstić information content (AvgIpc) is 2.72. The molecule has 0 saturated carbocycles. The molecule has 15 heavy (non-hydrogen) atoms. The Hall–Kier alpha value is -0.870. The van der Waals surface area contributed by atoms with Gasteiger partial charge in [0.1, 0.15) is 0 Å². The second-order valence-corrected chi connectivity index (χ2v) is 3.85. The number of nitrogens with zero attached hydrogens (tertiary/aromatic N) is 1. The zero-order valence-corrected chi connectivity index (χ0v) is 9.53. The summed E-state index contributed by atoms with van der Waals surface area (Å²) < 4.78 is 0. The van der Waals surface area contributed by atoms with E-state index in [4.69, 9.17) is 0 Å². The Kier molecular flexibility index (Phi) is 5.36. The molecule has 0 aliphatic carbocycles. The highest BCUT2D eigenvalue weighted by Gasteiger charge is 2.14. The van der Waals surface area contributed by atoms with Crippen LogP contribution >= 0.6 is 0 Å². The molecule has 4 heteroatoms. The molecule has 0 bridgehead atoms. The van der Waals surface area contributed by atoms with Crippen molar-refractivity contribution in [2.75, 3.05) is 6.54 Å². The van der Waals surface area contributed by atoms with Gasteiger partial charge in [-0.3, -0.25) is 0 Å². The number of nitrogens with one attached hydrogen (secondary N) is 2. The molecule has 1 aromatic rings. The van der Waals surface area contributed by atoms with E-state index in [1.165, 1.54) is 0 Å². The Morgan fingerprint density at radius 3 is 2.73 bits per heavy atom. The Bertz CT molecular complexity index is 244. The first kappa shape index (κ1) is 12.2. The predicted molar refractivity (Wildman–Crippen MR) is 60.4 cm³/mol. The molecule has 0 amide bonds. The van der Waals surface area contributed by atoms with Crippen LogP contribution in [0.1, 0.15) is 32.4 Å². The van der Waals surface area contributed by atoms with E-state index in [2.05, 4.69) is 29.1 Å². The van der Waals surface area contributed by atoms with E-state index in [0.29, 0.717) is 12.5 Å². The van der Waals surface area contributed by atoms with Gasteiger partial charge in [0.05, 0.1) is 12.4 Å². The largest absolute Gasteiger partial charge is 0.392 e. The van der Waals surface area contributed by atoms with Crippen LogP contribution in [0.5, 0.6) is 0 Å². The van der Waals surface area contributed by atoms with E-state index in [-0.39, 0.29) is 6.10 Å². The lowest BCUT2D eigenvalue weighted by Gasteiger charge is -2.20. The molecule has 0 aliphatic rings. The van der Waals surface area contributed by atoms with Crippen LogP contribution in [0.3, 0.4) is 0 Å². The van der Waals surface area contributed by atoms with Crippen LogP contribution in [0.4, 0.5) is 0 Å². The Labute approximate surface area is 91.1 Å². The second-order valence-electron chi connectivity index (χ2n) is 3.85. The van der Waals surface area contributed by atoms with Gasteiger partial charge < -0.3 is 15.4 Å². The van der Waals surface area contributed by atoms with E-state index in [0.717, 1.165) is 25.1 Å². The average molecular weight is 211 g/mol. The number of aliphatic hydroxyl groups excluding tert-OH is 1. The number of aromatic nitrogens is 2. The van der Waals surface area contributed by atoms with Crippen LogP contribution in [0.15, 0.2) is 12.5 Å². The Balaban J connectivity index is 2.19. The van der Waals surface area contributed by atoms with Gasteiger partial charge >= 0.3 is 0 Å². The normalized spacial score (nSPS) is 13.3. The topological polar surface area (TPSA) is 60.9 Å². The predicted octanol–water partition coefficient (Wildman–Crippen LogP) is 1.30. The van der Waals surface area contributed by atoms with Crippen LogP contribution < -0.4 is 5.32 Å². The minimum Gasteiger partial charge on any atom is -0.392 e. The summed E-state index contributed by atoms with van der Waals surface area (Å²) in [5, 5.41) is 13.1. The quantitative estimate of drug-likeness (QED) is 0.637. The molecule has 0 aromatic carbocycles. The maximum Gasteiger partial charge on any atom is 0.0922 e. The first-order valence-electron chi connectivity index (χ1n) is 5.63. The second kappa shape index (κ2) is 6.58. The smallest absolute Gasteiger partial charge is 0.0922 e. The Morgan fingerprint density at radius 1 is 1.47 bits per heavy atom. The van der Waals surface area contributed by atoms with Gasteiger partial charge in [-0.25, -0.2) is 4.98 Å². The van der Waals surface area contributed by atoms with Crippen molar-refractivity contribution >= 4 is 0 Å². The van der Waals surface area contributed by atoms with Crippen molar-refractivity contribution in [3.05, 3.63) is 18.2 Å². The van der Waals surface area contributed by atoms with Gasteiger partial charge in [-0.2, -0.15) is 0 Å². The molecule has 86 valence electrons. The summed E-state index contributed by atoms with van der Waals surface area (Å²) in [6, 6.07) is 0. The fourth-order valence-corrected chi connectivity index (χ4v) is 1.74. The molecule has 0 spiro atoms. The summed E-state index contributed by atoms with van der Waals surface area (Å²) in [5.41, 5.74) is 1.05. The van der Waals surface area contributed by atoms with Crippen LogP contribution in [0.25, 0.3) is 0 Å². The molecule has 1 rings (SSSR count).